The standard InChI is InChI=1S/C22H28N2O3/c1-16(2)17-4-10-20(11-5-17)27-15-22(25)23-18-6-8-19(9-7-18)24-13-12-21(14-24)26-3/h4-11,16,21H,12-15H2,1-3H3,(H,23,25). The fraction of sp³-hybridized carbons (Fsp3) is 0.409. The first-order valence-corrected chi connectivity index (χ1v) is 9.45. The van der Waals surface area contributed by atoms with Crippen molar-refractivity contribution in [1.82, 2.24) is 0 Å². The maximum Gasteiger partial charge on any atom is 0.262 e. The van der Waals surface area contributed by atoms with Crippen LogP contribution in [0.4, 0.5) is 11.4 Å². The minimum atomic E-state index is -0.170. The number of carbonyl (C=O) groups is 1. The molecule has 1 saturated heterocycles. The predicted octanol–water partition coefficient (Wildman–Crippen LogP) is 4.05. The van der Waals surface area contributed by atoms with Crippen molar-refractivity contribution in [3.05, 3.63) is 54.1 Å². The number of nitrogens with one attached hydrogen (secondary N) is 1. The highest BCUT2D eigenvalue weighted by atomic mass is 16.5. The maximum atomic E-state index is 12.1. The predicted molar refractivity (Wildman–Crippen MR) is 109 cm³/mol. The molecule has 5 nitrogen and oxygen atoms in total. The number of hydrogen-bond donors (Lipinski definition) is 1. The quantitative estimate of drug-likeness (QED) is 0.801. The van der Waals surface area contributed by atoms with Crippen LogP contribution in [-0.2, 0) is 9.53 Å². The van der Waals surface area contributed by atoms with E-state index in [4.69, 9.17) is 9.47 Å². The highest BCUT2D eigenvalue weighted by molar-refractivity contribution is 5.92. The van der Waals surface area contributed by atoms with Gasteiger partial charge in [0, 0.05) is 31.6 Å². The maximum absolute atomic E-state index is 12.1. The first-order chi connectivity index (χ1) is 13.0. The number of methoxy groups -OCH3 is 1. The molecule has 1 unspecified atom stereocenters. The van der Waals surface area contributed by atoms with E-state index in [2.05, 4.69) is 24.1 Å². The van der Waals surface area contributed by atoms with Crippen LogP contribution in [0.2, 0.25) is 0 Å². The van der Waals surface area contributed by atoms with Crippen molar-refractivity contribution in [2.24, 2.45) is 0 Å². The third kappa shape index (κ3) is 5.23. The number of anilines is 2. The molecule has 0 aromatic heterocycles. The number of benzene rings is 2. The summed E-state index contributed by atoms with van der Waals surface area (Å²) in [5.74, 6) is 1.01. The number of nitrogens with zero attached hydrogens (tertiary/aromatic N) is 1. The number of carbonyl (C=O) groups excluding carboxylic acids is 1. The monoisotopic (exact) mass is 368 g/mol. The SMILES string of the molecule is COC1CCN(c2ccc(NC(=O)COc3ccc(C(C)C)cc3)cc2)C1. The first-order valence-electron chi connectivity index (χ1n) is 9.45. The Labute approximate surface area is 161 Å². The molecule has 1 atom stereocenters. The highest BCUT2D eigenvalue weighted by Crippen LogP contribution is 2.23. The highest BCUT2D eigenvalue weighted by Gasteiger charge is 2.22. The van der Waals surface area contributed by atoms with Crippen LogP contribution in [0.25, 0.3) is 0 Å². The van der Waals surface area contributed by atoms with Gasteiger partial charge in [-0.3, -0.25) is 4.79 Å². The van der Waals surface area contributed by atoms with E-state index in [0.717, 1.165) is 30.9 Å². The molecule has 1 aliphatic rings. The molecule has 3 rings (SSSR count). The number of ether oxygens (including phenoxy) is 2. The van der Waals surface area contributed by atoms with Gasteiger partial charge in [-0.25, -0.2) is 0 Å². The third-order valence-electron chi connectivity index (χ3n) is 4.91. The van der Waals surface area contributed by atoms with Gasteiger partial charge in [0.1, 0.15) is 5.75 Å². The van der Waals surface area contributed by atoms with Gasteiger partial charge in [-0.1, -0.05) is 26.0 Å². The molecule has 27 heavy (non-hydrogen) atoms. The Hall–Kier alpha value is -2.53. The van der Waals surface area contributed by atoms with Crippen molar-refractivity contribution in [2.45, 2.75) is 32.3 Å². The molecule has 1 heterocycles. The van der Waals surface area contributed by atoms with Gasteiger partial charge in [0.15, 0.2) is 6.61 Å². The van der Waals surface area contributed by atoms with Crippen LogP contribution in [0.3, 0.4) is 0 Å². The molecule has 0 saturated carbocycles. The zero-order valence-electron chi connectivity index (χ0n) is 16.3. The summed E-state index contributed by atoms with van der Waals surface area (Å²) in [6.07, 6.45) is 1.35. The molecule has 1 aliphatic heterocycles. The Bertz CT molecular complexity index is 741. The summed E-state index contributed by atoms with van der Waals surface area (Å²) in [4.78, 5) is 14.4. The first kappa shape index (κ1) is 19.2. The summed E-state index contributed by atoms with van der Waals surface area (Å²) in [6, 6.07) is 15.8. The largest absolute Gasteiger partial charge is 0.484 e. The Morgan fingerprint density at radius 2 is 1.85 bits per heavy atom. The molecule has 2 aromatic carbocycles. The fourth-order valence-corrected chi connectivity index (χ4v) is 3.21. The second-order valence-corrected chi connectivity index (χ2v) is 7.20. The lowest BCUT2D eigenvalue weighted by Gasteiger charge is -2.18. The van der Waals surface area contributed by atoms with Crippen LogP contribution in [-0.4, -0.2) is 38.8 Å². The van der Waals surface area contributed by atoms with E-state index < -0.39 is 0 Å². The van der Waals surface area contributed by atoms with Gasteiger partial charge in [-0.05, 0) is 54.3 Å². The van der Waals surface area contributed by atoms with Gasteiger partial charge in [-0.15, -0.1) is 0 Å². The van der Waals surface area contributed by atoms with Crippen LogP contribution >= 0.6 is 0 Å². The van der Waals surface area contributed by atoms with E-state index in [0.29, 0.717) is 17.8 Å². The van der Waals surface area contributed by atoms with Crippen molar-refractivity contribution >= 4 is 17.3 Å². The van der Waals surface area contributed by atoms with Gasteiger partial charge in [-0.2, -0.15) is 0 Å². The lowest BCUT2D eigenvalue weighted by molar-refractivity contribution is -0.118. The Kier molecular flexibility index (Phi) is 6.35. The molecule has 0 radical (unpaired) electrons. The molecular weight excluding hydrogens is 340 g/mol. The molecule has 1 fully saturated rings. The Morgan fingerprint density at radius 1 is 1.15 bits per heavy atom. The third-order valence-corrected chi connectivity index (χ3v) is 4.91. The molecule has 1 amide bonds. The van der Waals surface area contributed by atoms with Crippen LogP contribution in [0.5, 0.6) is 5.75 Å². The molecule has 1 N–H and O–H groups in total. The second kappa shape index (κ2) is 8.91. The summed E-state index contributed by atoms with van der Waals surface area (Å²) in [7, 11) is 1.76. The van der Waals surface area contributed by atoms with Crippen LogP contribution in [0, 0.1) is 0 Å². The summed E-state index contributed by atoms with van der Waals surface area (Å²) in [5, 5.41) is 2.87. The minimum absolute atomic E-state index is 0.00950. The van der Waals surface area contributed by atoms with Crippen molar-refractivity contribution in [2.75, 3.05) is 37.0 Å². The smallest absolute Gasteiger partial charge is 0.262 e. The normalized spacial score (nSPS) is 16.6. The van der Waals surface area contributed by atoms with Crippen molar-refractivity contribution in [3.63, 3.8) is 0 Å². The lowest BCUT2D eigenvalue weighted by atomic mass is 10.0. The second-order valence-electron chi connectivity index (χ2n) is 7.20. The lowest BCUT2D eigenvalue weighted by Crippen LogP contribution is -2.22. The van der Waals surface area contributed by atoms with Crippen LogP contribution in [0.1, 0.15) is 31.7 Å². The Balaban J connectivity index is 1.48. The minimum Gasteiger partial charge on any atom is -0.484 e. The number of rotatable bonds is 7. The molecule has 144 valence electrons. The van der Waals surface area contributed by atoms with E-state index in [9.17, 15) is 4.79 Å². The molecule has 2 aromatic rings. The van der Waals surface area contributed by atoms with E-state index in [1.165, 1.54) is 5.56 Å². The van der Waals surface area contributed by atoms with Gasteiger partial charge in [0.2, 0.25) is 0 Å². The van der Waals surface area contributed by atoms with Crippen molar-refractivity contribution in [3.8, 4) is 5.75 Å². The van der Waals surface area contributed by atoms with Crippen LogP contribution < -0.4 is 15.0 Å². The molecular formula is C22H28N2O3. The van der Waals surface area contributed by atoms with Gasteiger partial charge in [0.25, 0.3) is 5.91 Å². The van der Waals surface area contributed by atoms with Crippen molar-refractivity contribution in [1.29, 1.82) is 0 Å². The van der Waals surface area contributed by atoms with E-state index in [1.807, 2.05) is 48.5 Å². The van der Waals surface area contributed by atoms with E-state index >= 15 is 0 Å². The van der Waals surface area contributed by atoms with Crippen molar-refractivity contribution < 1.29 is 14.3 Å². The van der Waals surface area contributed by atoms with E-state index in [-0.39, 0.29) is 12.5 Å². The molecule has 0 bridgehead atoms. The fourth-order valence-electron chi connectivity index (χ4n) is 3.21. The number of hydrogen-bond acceptors (Lipinski definition) is 4. The topological polar surface area (TPSA) is 50.8 Å². The van der Waals surface area contributed by atoms with E-state index in [1.54, 1.807) is 7.11 Å². The zero-order valence-corrected chi connectivity index (χ0v) is 16.3. The average Bonchev–Trinajstić information content (AvgIpc) is 3.16. The molecule has 5 heteroatoms. The summed E-state index contributed by atoms with van der Waals surface area (Å²) in [5.41, 5.74) is 3.17. The summed E-state index contributed by atoms with van der Waals surface area (Å²) < 4.78 is 11.0. The van der Waals surface area contributed by atoms with Gasteiger partial charge >= 0.3 is 0 Å². The molecule has 0 aliphatic carbocycles. The zero-order chi connectivity index (χ0) is 19.2. The van der Waals surface area contributed by atoms with Crippen LogP contribution in [0.15, 0.2) is 48.5 Å². The van der Waals surface area contributed by atoms with Gasteiger partial charge < -0.3 is 19.7 Å². The van der Waals surface area contributed by atoms with Gasteiger partial charge in [0.05, 0.1) is 6.10 Å². The summed E-state index contributed by atoms with van der Waals surface area (Å²) in [6.45, 7) is 6.19. The Morgan fingerprint density at radius 3 is 2.44 bits per heavy atom. The number of amides is 1. The molecule has 0 spiro atoms. The average molecular weight is 368 g/mol. The summed E-state index contributed by atoms with van der Waals surface area (Å²) >= 11 is 0.